The van der Waals surface area contributed by atoms with Gasteiger partial charge < -0.3 is 15.2 Å². The number of likely N-dealkylation sites (tertiary alicyclic amines) is 1. The average molecular weight is 553 g/mol. The lowest BCUT2D eigenvalue weighted by atomic mass is 9.79. The Morgan fingerprint density at radius 3 is 2.41 bits per heavy atom. The molecule has 5 nitrogen and oxygen atoms in total. The van der Waals surface area contributed by atoms with Crippen molar-refractivity contribution in [3.63, 3.8) is 0 Å². The van der Waals surface area contributed by atoms with E-state index in [4.69, 9.17) is 4.74 Å². The van der Waals surface area contributed by atoms with Crippen molar-refractivity contribution in [2.45, 2.75) is 62.4 Å². The highest BCUT2D eigenvalue weighted by Gasteiger charge is 2.54. The lowest BCUT2D eigenvalue weighted by Gasteiger charge is -2.46. The number of carbonyl (C=O) groups excluding carboxylic acids is 1. The zero-order valence-electron chi connectivity index (χ0n) is 21.5. The number of rotatable bonds is 7. The maximum Gasteiger partial charge on any atom is 0.416 e. The van der Waals surface area contributed by atoms with Gasteiger partial charge in [-0.3, -0.25) is 9.69 Å². The normalized spacial score (nSPS) is 28.3. The van der Waals surface area contributed by atoms with Gasteiger partial charge >= 0.3 is 6.18 Å². The summed E-state index contributed by atoms with van der Waals surface area (Å²) in [6.07, 6.45) is -0.999. The molecule has 212 valence electrons. The van der Waals surface area contributed by atoms with Gasteiger partial charge in [0.1, 0.15) is 17.2 Å². The Morgan fingerprint density at radius 2 is 1.79 bits per heavy atom. The van der Waals surface area contributed by atoms with Gasteiger partial charge in [0, 0.05) is 31.7 Å². The highest BCUT2D eigenvalue weighted by atomic mass is 19.4. The van der Waals surface area contributed by atoms with Crippen LogP contribution in [0.4, 0.5) is 22.0 Å². The fraction of sp³-hybridized carbons (Fsp3) is 0.552. The molecule has 0 unspecified atom stereocenters. The summed E-state index contributed by atoms with van der Waals surface area (Å²) in [5.41, 5.74) is -1.08. The number of carbonyl (C=O) groups is 1. The first-order chi connectivity index (χ1) is 18.6. The predicted octanol–water partition coefficient (Wildman–Crippen LogP) is 5.03. The number of nitrogens with zero attached hydrogens (tertiary/aromatic N) is 1. The van der Waals surface area contributed by atoms with Crippen molar-refractivity contribution in [1.82, 2.24) is 10.2 Å². The van der Waals surface area contributed by atoms with Crippen LogP contribution in [0.15, 0.2) is 42.5 Å². The summed E-state index contributed by atoms with van der Waals surface area (Å²) in [5.74, 6) is -1.49. The molecule has 3 fully saturated rings. The van der Waals surface area contributed by atoms with Crippen LogP contribution in [0.3, 0.4) is 0 Å². The van der Waals surface area contributed by atoms with Gasteiger partial charge in [-0.1, -0.05) is 12.1 Å². The van der Waals surface area contributed by atoms with Gasteiger partial charge in [-0.05, 0) is 91.9 Å². The number of alkyl halides is 3. The smallest absolute Gasteiger partial charge is 0.396 e. The van der Waals surface area contributed by atoms with E-state index in [2.05, 4.69) is 10.2 Å². The lowest BCUT2D eigenvalue weighted by Crippen LogP contribution is -2.58. The Balaban J connectivity index is 1.20. The van der Waals surface area contributed by atoms with Crippen LogP contribution in [0.5, 0.6) is 0 Å². The first-order valence-electron chi connectivity index (χ1n) is 13.5. The quantitative estimate of drug-likeness (QED) is 0.474. The zero-order valence-corrected chi connectivity index (χ0v) is 21.5. The van der Waals surface area contributed by atoms with Crippen LogP contribution < -0.4 is 5.32 Å². The minimum atomic E-state index is -4.68. The number of aliphatic hydroxyl groups is 1. The molecule has 0 spiro atoms. The van der Waals surface area contributed by atoms with Gasteiger partial charge in [-0.15, -0.1) is 0 Å². The van der Waals surface area contributed by atoms with E-state index in [0.29, 0.717) is 32.1 Å². The molecular weight excluding hydrogens is 519 g/mol. The summed E-state index contributed by atoms with van der Waals surface area (Å²) in [7, 11) is 0. The van der Waals surface area contributed by atoms with Crippen molar-refractivity contribution in [3.05, 3.63) is 70.8 Å². The Hall–Kier alpha value is -2.56. The van der Waals surface area contributed by atoms with Crippen molar-refractivity contribution < 1.29 is 36.6 Å². The Morgan fingerprint density at radius 1 is 1.05 bits per heavy atom. The molecule has 2 N–H and O–H groups in total. The molecule has 3 aliphatic rings. The average Bonchev–Trinajstić information content (AvgIpc) is 3.77. The molecule has 2 aromatic rings. The fourth-order valence-corrected chi connectivity index (χ4v) is 6.28. The third kappa shape index (κ3) is 6.12. The van der Waals surface area contributed by atoms with Crippen molar-refractivity contribution in [2.75, 3.05) is 26.3 Å². The number of ether oxygens (including phenoxy) is 1. The molecule has 4 atom stereocenters. The third-order valence-corrected chi connectivity index (χ3v) is 8.56. The van der Waals surface area contributed by atoms with Gasteiger partial charge in [0.2, 0.25) is 0 Å². The molecule has 0 aromatic heterocycles. The largest absolute Gasteiger partial charge is 0.416 e. The minimum absolute atomic E-state index is 0.00418. The first-order valence-corrected chi connectivity index (χ1v) is 13.5. The topological polar surface area (TPSA) is 61.8 Å². The number of amides is 1. The number of aliphatic hydroxyl groups excluding tert-OH is 1. The Labute approximate surface area is 224 Å². The van der Waals surface area contributed by atoms with E-state index in [1.54, 1.807) is 12.1 Å². The molecule has 10 heteroatoms. The van der Waals surface area contributed by atoms with Crippen molar-refractivity contribution in [3.8, 4) is 0 Å². The van der Waals surface area contributed by atoms with Crippen molar-refractivity contribution in [2.24, 2.45) is 11.8 Å². The molecule has 39 heavy (non-hydrogen) atoms. The summed E-state index contributed by atoms with van der Waals surface area (Å²) >= 11 is 0. The summed E-state index contributed by atoms with van der Waals surface area (Å²) in [5, 5.41) is 12.8. The first kappa shape index (κ1) is 28.0. The molecule has 5 rings (SSSR count). The van der Waals surface area contributed by atoms with Gasteiger partial charge in [-0.2, -0.15) is 13.2 Å². The number of benzene rings is 2. The zero-order chi connectivity index (χ0) is 27.8. The van der Waals surface area contributed by atoms with Gasteiger partial charge in [0.05, 0.1) is 12.2 Å². The van der Waals surface area contributed by atoms with Crippen LogP contribution >= 0.6 is 0 Å². The van der Waals surface area contributed by atoms with Crippen LogP contribution in [-0.4, -0.2) is 53.9 Å². The second-order valence-corrected chi connectivity index (χ2v) is 11.1. The Bertz CT molecular complexity index is 1160. The van der Waals surface area contributed by atoms with Crippen LogP contribution in [0, 0.1) is 23.5 Å². The van der Waals surface area contributed by atoms with Crippen LogP contribution in [0.1, 0.15) is 54.7 Å². The van der Waals surface area contributed by atoms with E-state index in [-0.39, 0.29) is 54.2 Å². The predicted molar refractivity (Wildman–Crippen MR) is 134 cm³/mol. The molecule has 2 saturated heterocycles. The summed E-state index contributed by atoms with van der Waals surface area (Å²) < 4.78 is 72.6. The molecule has 1 amide bonds. The number of nitrogens with one attached hydrogen (secondary N) is 1. The number of halogens is 5. The van der Waals surface area contributed by atoms with Gasteiger partial charge in [0.25, 0.3) is 5.91 Å². The summed E-state index contributed by atoms with van der Waals surface area (Å²) in [4.78, 5) is 15.6. The van der Waals surface area contributed by atoms with E-state index in [1.807, 2.05) is 0 Å². The number of piperidine rings is 1. The molecule has 2 aromatic carbocycles. The number of hydrogen-bond acceptors (Lipinski definition) is 4. The number of hydrogen-bond donors (Lipinski definition) is 2. The SMILES string of the molecule is O=C(NCc1cc(F)cc(C(F)(F)F)c1)[C@@]1(C2CC2)CC[C@@H](N2CC[C@@H](c3ccc(F)cc3)[C@H](CO)C2)CO1. The van der Waals surface area contributed by atoms with Gasteiger partial charge in [0.15, 0.2) is 0 Å². The standard InChI is InChI=1S/C29H33F5N2O3/c30-23-5-1-19(2-6-23)26-8-10-36(15-20(26)16-37)25-7-9-28(39-17-25,21-3-4-21)27(38)35-14-18-11-22(29(32,33)34)13-24(31)12-18/h1-2,5-6,11-13,20-21,25-26,37H,3-4,7-10,14-17H2,(H,35,38)/t20-,25+,26-,28-/m0/s1. The second-order valence-electron chi connectivity index (χ2n) is 11.1. The lowest BCUT2D eigenvalue weighted by molar-refractivity contribution is -0.166. The van der Waals surface area contributed by atoms with E-state index >= 15 is 0 Å². The van der Waals surface area contributed by atoms with Crippen molar-refractivity contribution >= 4 is 5.91 Å². The fourth-order valence-electron chi connectivity index (χ4n) is 6.28. The highest BCUT2D eigenvalue weighted by Crippen LogP contribution is 2.47. The van der Waals surface area contributed by atoms with E-state index < -0.39 is 23.2 Å². The molecule has 2 aliphatic heterocycles. The third-order valence-electron chi connectivity index (χ3n) is 8.56. The van der Waals surface area contributed by atoms with E-state index in [9.17, 15) is 31.9 Å². The van der Waals surface area contributed by atoms with Crippen molar-refractivity contribution in [1.29, 1.82) is 0 Å². The highest BCUT2D eigenvalue weighted by molar-refractivity contribution is 5.86. The molecule has 0 bridgehead atoms. The second kappa shape index (κ2) is 11.1. The molecular formula is C29H33F5N2O3. The minimum Gasteiger partial charge on any atom is -0.396 e. The maximum atomic E-state index is 13.8. The monoisotopic (exact) mass is 552 g/mol. The molecule has 0 radical (unpaired) electrons. The Kier molecular flexibility index (Phi) is 7.99. The summed E-state index contributed by atoms with van der Waals surface area (Å²) in [6, 6.07) is 8.78. The molecule has 1 saturated carbocycles. The van der Waals surface area contributed by atoms with E-state index in [0.717, 1.165) is 43.5 Å². The molecule has 2 heterocycles. The summed E-state index contributed by atoms with van der Waals surface area (Å²) in [6.45, 7) is 1.57. The van der Waals surface area contributed by atoms with E-state index in [1.165, 1.54) is 12.1 Å². The molecule has 1 aliphatic carbocycles. The maximum absolute atomic E-state index is 13.8. The van der Waals surface area contributed by atoms with Crippen LogP contribution in [-0.2, 0) is 22.3 Å². The van der Waals surface area contributed by atoms with Gasteiger partial charge in [-0.25, -0.2) is 8.78 Å². The van der Waals surface area contributed by atoms with Crippen LogP contribution in [0.25, 0.3) is 0 Å². The van der Waals surface area contributed by atoms with Crippen LogP contribution in [0.2, 0.25) is 0 Å².